The van der Waals surface area contributed by atoms with E-state index in [0.29, 0.717) is 13.1 Å². The molecule has 4 nitrogen and oxygen atoms in total. The molecule has 0 aromatic heterocycles. The van der Waals surface area contributed by atoms with Gasteiger partial charge >= 0.3 is 0 Å². The van der Waals surface area contributed by atoms with Crippen LogP contribution in [0.15, 0.2) is 0 Å². The molecule has 0 rings (SSSR count). The molecule has 0 atom stereocenters. The lowest BCUT2D eigenvalue weighted by atomic mass is 10.3. The lowest BCUT2D eigenvalue weighted by Gasteiger charge is -2.25. The van der Waals surface area contributed by atoms with Gasteiger partial charge in [0.25, 0.3) is 0 Å². The molecule has 15 heavy (non-hydrogen) atoms. The first kappa shape index (κ1) is 14.9. The first-order valence-electron chi connectivity index (χ1n) is 5.37. The van der Waals surface area contributed by atoms with E-state index in [1.807, 2.05) is 18.7 Å². The van der Waals surface area contributed by atoms with Crippen molar-refractivity contribution in [1.29, 1.82) is 0 Å². The maximum atomic E-state index is 11.6. The third kappa shape index (κ3) is 5.49. The molecule has 0 aliphatic carbocycles. The maximum Gasteiger partial charge on any atom is 0.153 e. The van der Waals surface area contributed by atoms with Crippen molar-refractivity contribution in [3.8, 4) is 0 Å². The molecule has 0 aliphatic heterocycles. The highest BCUT2D eigenvalue weighted by Crippen LogP contribution is 2.04. The predicted molar refractivity (Wildman–Crippen MR) is 62.7 cm³/mol. The minimum atomic E-state index is -2.97. The molecule has 0 radical (unpaired) electrons. The van der Waals surface area contributed by atoms with Crippen molar-refractivity contribution in [2.75, 3.05) is 25.4 Å². The second-order valence-corrected chi connectivity index (χ2v) is 6.95. The fourth-order valence-electron chi connectivity index (χ4n) is 1.24. The number of hydrogen-bond acceptors (Lipinski definition) is 4. The molecule has 0 saturated carbocycles. The van der Waals surface area contributed by atoms with Gasteiger partial charge in [-0.1, -0.05) is 0 Å². The highest BCUT2D eigenvalue weighted by atomic mass is 32.2. The highest BCUT2D eigenvalue weighted by molar-refractivity contribution is 7.92. The van der Waals surface area contributed by atoms with Crippen LogP contribution in [0.4, 0.5) is 0 Å². The monoisotopic (exact) mass is 237 g/mol. The molecule has 0 unspecified atom stereocenters. The zero-order valence-electron chi connectivity index (χ0n) is 10.1. The SMILES string of the molecule is CC(C)N(CCO)CCS(=O)(=O)C(C)C. The summed E-state index contributed by atoms with van der Waals surface area (Å²) in [6, 6.07) is 0.263. The average molecular weight is 237 g/mol. The Labute approximate surface area is 93.2 Å². The van der Waals surface area contributed by atoms with Crippen molar-refractivity contribution in [2.45, 2.75) is 39.0 Å². The molecule has 0 amide bonds. The Morgan fingerprint density at radius 3 is 2.00 bits per heavy atom. The van der Waals surface area contributed by atoms with E-state index in [0.717, 1.165) is 0 Å². The summed E-state index contributed by atoms with van der Waals surface area (Å²) in [4.78, 5) is 1.97. The van der Waals surface area contributed by atoms with E-state index >= 15 is 0 Å². The average Bonchev–Trinajstić information content (AvgIpc) is 2.11. The molecule has 0 aromatic rings. The van der Waals surface area contributed by atoms with E-state index < -0.39 is 9.84 Å². The Hall–Kier alpha value is -0.130. The quantitative estimate of drug-likeness (QED) is 0.701. The number of rotatable bonds is 7. The summed E-state index contributed by atoms with van der Waals surface area (Å²) in [5.41, 5.74) is 0. The molecule has 0 aliphatic rings. The van der Waals surface area contributed by atoms with Gasteiger partial charge in [0.15, 0.2) is 9.84 Å². The van der Waals surface area contributed by atoms with Crippen LogP contribution in [0.2, 0.25) is 0 Å². The van der Waals surface area contributed by atoms with E-state index in [4.69, 9.17) is 5.11 Å². The van der Waals surface area contributed by atoms with Crippen LogP contribution in [0.1, 0.15) is 27.7 Å². The van der Waals surface area contributed by atoms with Crippen LogP contribution in [0.5, 0.6) is 0 Å². The lowest BCUT2D eigenvalue weighted by Crippen LogP contribution is -2.38. The van der Waals surface area contributed by atoms with E-state index in [2.05, 4.69) is 0 Å². The zero-order valence-corrected chi connectivity index (χ0v) is 10.9. The van der Waals surface area contributed by atoms with Gasteiger partial charge in [-0.05, 0) is 27.7 Å². The van der Waals surface area contributed by atoms with E-state index in [9.17, 15) is 8.42 Å². The van der Waals surface area contributed by atoms with Gasteiger partial charge in [-0.2, -0.15) is 0 Å². The van der Waals surface area contributed by atoms with Crippen molar-refractivity contribution in [1.82, 2.24) is 4.90 Å². The van der Waals surface area contributed by atoms with Gasteiger partial charge in [-0.3, -0.25) is 4.90 Å². The first-order chi connectivity index (χ1) is 6.81. The molecule has 0 aromatic carbocycles. The second kappa shape index (κ2) is 6.45. The normalized spacial score (nSPS) is 13.1. The number of aliphatic hydroxyl groups excluding tert-OH is 1. The Morgan fingerprint density at radius 1 is 1.13 bits per heavy atom. The third-order valence-electron chi connectivity index (χ3n) is 2.50. The Morgan fingerprint density at radius 2 is 1.67 bits per heavy atom. The molecule has 0 spiro atoms. The van der Waals surface area contributed by atoms with Crippen LogP contribution in [-0.2, 0) is 9.84 Å². The summed E-state index contributed by atoms with van der Waals surface area (Å²) >= 11 is 0. The van der Waals surface area contributed by atoms with Crippen LogP contribution in [0.3, 0.4) is 0 Å². The first-order valence-corrected chi connectivity index (χ1v) is 7.09. The summed E-state index contributed by atoms with van der Waals surface area (Å²) in [5, 5.41) is 8.51. The van der Waals surface area contributed by atoms with Gasteiger partial charge in [-0.15, -0.1) is 0 Å². The second-order valence-electron chi connectivity index (χ2n) is 4.27. The minimum absolute atomic E-state index is 0.0694. The number of hydrogen-bond donors (Lipinski definition) is 1. The standard InChI is InChI=1S/C10H23NO3S/c1-9(2)11(5-7-12)6-8-15(13,14)10(3)4/h9-10,12H,5-8H2,1-4H3. The minimum Gasteiger partial charge on any atom is -0.395 e. The predicted octanol–water partition coefficient (Wildman–Crippen LogP) is 0.512. The van der Waals surface area contributed by atoms with Crippen molar-refractivity contribution in [3.05, 3.63) is 0 Å². The summed E-state index contributed by atoms with van der Waals surface area (Å²) in [6.07, 6.45) is 0. The molecule has 5 heteroatoms. The largest absolute Gasteiger partial charge is 0.395 e. The highest BCUT2D eigenvalue weighted by Gasteiger charge is 2.18. The summed E-state index contributed by atoms with van der Waals surface area (Å²) in [5.74, 6) is 0.169. The summed E-state index contributed by atoms with van der Waals surface area (Å²) in [6.45, 7) is 8.49. The molecule has 0 fully saturated rings. The molecular formula is C10H23NO3S. The third-order valence-corrected chi connectivity index (χ3v) is 4.69. The summed E-state index contributed by atoms with van der Waals surface area (Å²) in [7, 11) is -2.97. The molecule has 92 valence electrons. The van der Waals surface area contributed by atoms with Gasteiger partial charge < -0.3 is 5.11 Å². The van der Waals surface area contributed by atoms with Crippen molar-refractivity contribution in [3.63, 3.8) is 0 Å². The smallest absolute Gasteiger partial charge is 0.153 e. The molecule has 0 bridgehead atoms. The summed E-state index contributed by atoms with van der Waals surface area (Å²) < 4.78 is 23.1. The van der Waals surface area contributed by atoms with Crippen LogP contribution in [0, 0.1) is 0 Å². The number of aliphatic hydroxyl groups is 1. The van der Waals surface area contributed by atoms with Crippen molar-refractivity contribution >= 4 is 9.84 Å². The van der Waals surface area contributed by atoms with E-state index in [1.165, 1.54) is 0 Å². The van der Waals surface area contributed by atoms with Gasteiger partial charge in [0.1, 0.15) is 0 Å². The van der Waals surface area contributed by atoms with Crippen LogP contribution < -0.4 is 0 Å². The Balaban J connectivity index is 4.22. The molecule has 1 N–H and O–H groups in total. The van der Waals surface area contributed by atoms with Gasteiger partial charge in [0.2, 0.25) is 0 Å². The molecule has 0 saturated heterocycles. The topological polar surface area (TPSA) is 57.6 Å². The fourth-order valence-corrected chi connectivity index (χ4v) is 2.20. The molecule has 0 heterocycles. The Bertz CT molecular complexity index is 260. The van der Waals surface area contributed by atoms with E-state index in [1.54, 1.807) is 13.8 Å². The van der Waals surface area contributed by atoms with Gasteiger partial charge in [0.05, 0.1) is 17.6 Å². The van der Waals surface area contributed by atoms with Crippen molar-refractivity contribution < 1.29 is 13.5 Å². The lowest BCUT2D eigenvalue weighted by molar-refractivity contribution is 0.173. The zero-order chi connectivity index (χ0) is 12.1. The van der Waals surface area contributed by atoms with Crippen LogP contribution in [-0.4, -0.2) is 55.2 Å². The fraction of sp³-hybridized carbons (Fsp3) is 1.00. The van der Waals surface area contributed by atoms with Crippen LogP contribution >= 0.6 is 0 Å². The van der Waals surface area contributed by atoms with E-state index in [-0.39, 0.29) is 23.7 Å². The number of sulfone groups is 1. The van der Waals surface area contributed by atoms with Crippen molar-refractivity contribution in [2.24, 2.45) is 0 Å². The van der Waals surface area contributed by atoms with Gasteiger partial charge in [-0.25, -0.2) is 8.42 Å². The maximum absolute atomic E-state index is 11.6. The number of nitrogens with zero attached hydrogens (tertiary/aromatic N) is 1. The van der Waals surface area contributed by atoms with Crippen LogP contribution in [0.25, 0.3) is 0 Å². The van der Waals surface area contributed by atoms with Gasteiger partial charge in [0, 0.05) is 19.1 Å². The Kier molecular flexibility index (Phi) is 6.40. The molecular weight excluding hydrogens is 214 g/mol.